The van der Waals surface area contributed by atoms with Gasteiger partial charge in [0.1, 0.15) is 11.3 Å². The van der Waals surface area contributed by atoms with Gasteiger partial charge in [-0.15, -0.1) is 0 Å². The number of nitrogens with one attached hydrogen (secondary N) is 1. The van der Waals surface area contributed by atoms with Crippen molar-refractivity contribution in [3.8, 4) is 5.75 Å². The van der Waals surface area contributed by atoms with Crippen LogP contribution in [0.5, 0.6) is 5.75 Å². The third kappa shape index (κ3) is 5.13. The predicted molar refractivity (Wildman–Crippen MR) is 124 cm³/mol. The molecular weight excluding hydrogens is 402 g/mol. The summed E-state index contributed by atoms with van der Waals surface area (Å²) < 4.78 is 5.20. The Bertz CT molecular complexity index is 923. The molecule has 2 fully saturated rings. The predicted octanol–water partition coefficient (Wildman–Crippen LogP) is 3.85. The van der Waals surface area contributed by atoms with Crippen molar-refractivity contribution in [3.05, 3.63) is 65.7 Å². The summed E-state index contributed by atoms with van der Waals surface area (Å²) in [4.78, 5) is 29.4. The SMILES string of the molecule is COc1ccc(CCC2(C)NC(=O)N(CN3CCC(Cc4ccccc4)CC3)C2=O)cc1. The number of benzene rings is 2. The van der Waals surface area contributed by atoms with E-state index < -0.39 is 5.54 Å². The van der Waals surface area contributed by atoms with Gasteiger partial charge >= 0.3 is 6.03 Å². The molecule has 32 heavy (non-hydrogen) atoms. The number of likely N-dealkylation sites (tertiary alicyclic amines) is 1. The number of nitrogens with zero attached hydrogens (tertiary/aromatic N) is 2. The summed E-state index contributed by atoms with van der Waals surface area (Å²) >= 11 is 0. The molecule has 1 atom stereocenters. The van der Waals surface area contributed by atoms with E-state index in [2.05, 4.69) is 40.5 Å². The minimum absolute atomic E-state index is 0.123. The highest BCUT2D eigenvalue weighted by atomic mass is 16.5. The summed E-state index contributed by atoms with van der Waals surface area (Å²) in [7, 11) is 1.64. The molecule has 2 heterocycles. The Balaban J connectivity index is 1.28. The Hall–Kier alpha value is -2.86. The molecule has 0 spiro atoms. The van der Waals surface area contributed by atoms with Crippen LogP contribution < -0.4 is 10.1 Å². The number of imide groups is 1. The average Bonchev–Trinajstić information content (AvgIpc) is 3.03. The van der Waals surface area contributed by atoms with Gasteiger partial charge in [-0.05, 0) is 68.2 Å². The fourth-order valence-corrected chi connectivity index (χ4v) is 4.71. The first kappa shape index (κ1) is 22.3. The van der Waals surface area contributed by atoms with E-state index in [9.17, 15) is 9.59 Å². The van der Waals surface area contributed by atoms with Gasteiger partial charge in [-0.2, -0.15) is 0 Å². The molecule has 3 amide bonds. The quantitative estimate of drug-likeness (QED) is 0.640. The van der Waals surface area contributed by atoms with Crippen LogP contribution in [0.2, 0.25) is 0 Å². The summed E-state index contributed by atoms with van der Waals surface area (Å²) in [6.07, 6.45) is 4.56. The van der Waals surface area contributed by atoms with Gasteiger partial charge in [-0.25, -0.2) is 9.69 Å². The number of hydrogen-bond donors (Lipinski definition) is 1. The van der Waals surface area contributed by atoms with Crippen LogP contribution in [-0.2, 0) is 17.6 Å². The lowest BCUT2D eigenvalue weighted by Crippen LogP contribution is -2.47. The van der Waals surface area contributed by atoms with E-state index in [4.69, 9.17) is 4.74 Å². The van der Waals surface area contributed by atoms with Crippen LogP contribution in [0.25, 0.3) is 0 Å². The molecule has 2 aliphatic rings. The summed E-state index contributed by atoms with van der Waals surface area (Å²) in [6, 6.07) is 18.2. The topological polar surface area (TPSA) is 61.9 Å². The molecule has 1 N–H and O–H groups in total. The Morgan fingerprint density at radius 2 is 1.69 bits per heavy atom. The molecule has 0 radical (unpaired) electrons. The minimum atomic E-state index is -0.858. The zero-order valence-electron chi connectivity index (χ0n) is 19.0. The molecule has 0 aromatic heterocycles. The minimum Gasteiger partial charge on any atom is -0.497 e. The number of ether oxygens (including phenoxy) is 1. The maximum absolute atomic E-state index is 13.1. The van der Waals surface area contributed by atoms with Crippen LogP contribution in [0, 0.1) is 5.92 Å². The Kier molecular flexibility index (Phi) is 6.80. The molecule has 0 bridgehead atoms. The Morgan fingerprint density at radius 1 is 1.00 bits per heavy atom. The van der Waals surface area contributed by atoms with E-state index in [1.165, 1.54) is 10.5 Å². The maximum atomic E-state index is 13.1. The van der Waals surface area contributed by atoms with Crippen molar-refractivity contribution in [2.24, 2.45) is 5.92 Å². The van der Waals surface area contributed by atoms with Crippen molar-refractivity contribution in [1.29, 1.82) is 0 Å². The molecule has 0 saturated carbocycles. The first-order chi connectivity index (χ1) is 15.5. The van der Waals surface area contributed by atoms with Gasteiger partial charge in [0, 0.05) is 13.1 Å². The highest BCUT2D eigenvalue weighted by Crippen LogP contribution is 2.26. The number of urea groups is 1. The van der Waals surface area contributed by atoms with Gasteiger partial charge in [0.15, 0.2) is 0 Å². The second-order valence-corrected chi connectivity index (χ2v) is 9.24. The van der Waals surface area contributed by atoms with Crippen molar-refractivity contribution >= 4 is 11.9 Å². The number of rotatable bonds is 8. The molecule has 4 rings (SSSR count). The molecule has 6 heteroatoms. The Morgan fingerprint density at radius 3 is 2.34 bits per heavy atom. The smallest absolute Gasteiger partial charge is 0.326 e. The first-order valence-electron chi connectivity index (χ1n) is 11.5. The van der Waals surface area contributed by atoms with Crippen molar-refractivity contribution in [2.45, 2.75) is 44.6 Å². The van der Waals surface area contributed by atoms with Crippen molar-refractivity contribution in [1.82, 2.24) is 15.1 Å². The Labute approximate surface area is 190 Å². The molecule has 2 aliphatic heterocycles. The maximum Gasteiger partial charge on any atom is 0.326 e. The number of hydrogen-bond acceptors (Lipinski definition) is 4. The van der Waals surface area contributed by atoms with Crippen LogP contribution in [-0.4, -0.2) is 54.1 Å². The third-order valence-corrected chi connectivity index (χ3v) is 6.83. The average molecular weight is 436 g/mol. The molecule has 2 saturated heterocycles. The van der Waals surface area contributed by atoms with Crippen molar-refractivity contribution in [3.63, 3.8) is 0 Å². The zero-order valence-corrected chi connectivity index (χ0v) is 19.0. The molecule has 6 nitrogen and oxygen atoms in total. The van der Waals surface area contributed by atoms with Crippen LogP contribution in [0.15, 0.2) is 54.6 Å². The summed E-state index contributed by atoms with van der Waals surface area (Å²) in [5.41, 5.74) is 1.64. The number of aryl methyl sites for hydroxylation is 1. The second-order valence-electron chi connectivity index (χ2n) is 9.24. The number of amides is 3. The van der Waals surface area contributed by atoms with Crippen LogP contribution in [0.1, 0.15) is 37.3 Å². The van der Waals surface area contributed by atoms with Crippen LogP contribution in [0.4, 0.5) is 4.79 Å². The van der Waals surface area contributed by atoms with Gasteiger partial charge in [0.25, 0.3) is 5.91 Å². The monoisotopic (exact) mass is 435 g/mol. The lowest BCUT2D eigenvalue weighted by atomic mass is 9.90. The van der Waals surface area contributed by atoms with E-state index in [0.717, 1.165) is 43.7 Å². The van der Waals surface area contributed by atoms with Crippen LogP contribution in [0.3, 0.4) is 0 Å². The van der Waals surface area contributed by atoms with E-state index in [0.29, 0.717) is 25.4 Å². The van der Waals surface area contributed by atoms with Gasteiger partial charge in [-0.3, -0.25) is 9.69 Å². The molecular formula is C26H33N3O3. The van der Waals surface area contributed by atoms with Crippen molar-refractivity contribution in [2.75, 3.05) is 26.9 Å². The highest BCUT2D eigenvalue weighted by Gasteiger charge is 2.47. The fourth-order valence-electron chi connectivity index (χ4n) is 4.71. The summed E-state index contributed by atoms with van der Waals surface area (Å²) in [5.74, 6) is 1.35. The molecule has 1 unspecified atom stereocenters. The molecule has 2 aromatic rings. The lowest BCUT2D eigenvalue weighted by molar-refractivity contribution is -0.132. The van der Waals surface area contributed by atoms with E-state index in [1.807, 2.05) is 31.2 Å². The molecule has 0 aliphatic carbocycles. The highest BCUT2D eigenvalue weighted by molar-refractivity contribution is 6.06. The first-order valence-corrected chi connectivity index (χ1v) is 11.5. The van der Waals surface area contributed by atoms with Gasteiger partial charge < -0.3 is 10.1 Å². The number of methoxy groups -OCH3 is 1. The number of piperidine rings is 1. The standard InChI is InChI=1S/C26H33N3O3/c1-26(15-12-20-8-10-23(32-2)11-9-20)24(30)29(25(31)27-26)19-28-16-13-22(14-17-28)18-21-6-4-3-5-7-21/h3-11,22H,12-19H2,1-2H3,(H,27,31). The zero-order chi connectivity index (χ0) is 22.6. The third-order valence-electron chi connectivity index (χ3n) is 6.83. The second kappa shape index (κ2) is 9.74. The van der Waals surface area contributed by atoms with Crippen LogP contribution >= 0.6 is 0 Å². The molecule has 2 aromatic carbocycles. The molecule has 170 valence electrons. The van der Waals surface area contributed by atoms with E-state index in [1.54, 1.807) is 7.11 Å². The van der Waals surface area contributed by atoms with E-state index in [-0.39, 0.29) is 11.9 Å². The largest absolute Gasteiger partial charge is 0.497 e. The fraction of sp³-hybridized carbons (Fsp3) is 0.462. The van der Waals surface area contributed by atoms with Crippen molar-refractivity contribution < 1.29 is 14.3 Å². The van der Waals surface area contributed by atoms with E-state index >= 15 is 0 Å². The normalized spacial score (nSPS) is 22.2. The van der Waals surface area contributed by atoms with Gasteiger partial charge in [-0.1, -0.05) is 42.5 Å². The lowest BCUT2D eigenvalue weighted by Gasteiger charge is -2.34. The number of carbonyl (C=O) groups is 2. The van der Waals surface area contributed by atoms with Gasteiger partial charge in [0.2, 0.25) is 0 Å². The van der Waals surface area contributed by atoms with Gasteiger partial charge in [0.05, 0.1) is 13.8 Å². The summed E-state index contributed by atoms with van der Waals surface area (Å²) in [6.45, 7) is 4.04. The number of carbonyl (C=O) groups excluding carboxylic acids is 2. The summed E-state index contributed by atoms with van der Waals surface area (Å²) in [5, 5.41) is 2.94.